The molecule has 0 aliphatic heterocycles. The van der Waals surface area contributed by atoms with Gasteiger partial charge in [-0.1, -0.05) is 19.9 Å². The van der Waals surface area contributed by atoms with Gasteiger partial charge in [-0.2, -0.15) is 0 Å². The predicted octanol–water partition coefficient (Wildman–Crippen LogP) is 5.01. The van der Waals surface area contributed by atoms with Gasteiger partial charge < -0.3 is 34.5 Å². The third-order valence-corrected chi connectivity index (χ3v) is 10.9. The average Bonchev–Trinajstić information content (AvgIpc) is 3.25. The minimum atomic E-state index is -4.02. The molecule has 0 saturated heterocycles. The van der Waals surface area contributed by atoms with E-state index in [1.54, 1.807) is 13.1 Å². The number of hydrogen-bond acceptors (Lipinski definition) is 7. The Labute approximate surface area is 278 Å². The molecular formula is C35H53N4O7P. The fraction of sp³-hybridized carbons (Fsp3) is 0.686. The van der Waals surface area contributed by atoms with Crippen LogP contribution in [0.4, 0.5) is 0 Å². The molecule has 0 radical (unpaired) electrons. The summed E-state index contributed by atoms with van der Waals surface area (Å²) in [6, 6.07) is 5.73. The van der Waals surface area contributed by atoms with Crippen molar-refractivity contribution in [1.82, 2.24) is 20.2 Å². The second kappa shape index (κ2) is 12.7. The molecule has 0 spiro atoms. The van der Waals surface area contributed by atoms with E-state index in [-0.39, 0.29) is 52.6 Å². The largest absolute Gasteiger partial charge is 0.455 e. The molecule has 4 saturated carbocycles. The zero-order valence-electron chi connectivity index (χ0n) is 29.1. The Balaban J connectivity index is 1.39. The molecule has 2 heterocycles. The van der Waals surface area contributed by atoms with Crippen molar-refractivity contribution < 1.29 is 33.4 Å². The lowest BCUT2D eigenvalue weighted by molar-refractivity contribution is -0.247. The summed E-state index contributed by atoms with van der Waals surface area (Å²) in [4.78, 5) is 48.5. The normalized spacial score (nSPS) is 28.4. The summed E-state index contributed by atoms with van der Waals surface area (Å²) < 4.78 is 26.0. The molecule has 4 aliphatic carbocycles. The highest BCUT2D eigenvalue weighted by Gasteiger charge is 2.66. The monoisotopic (exact) mass is 672 g/mol. The van der Waals surface area contributed by atoms with Crippen molar-refractivity contribution in [2.45, 2.75) is 104 Å². The van der Waals surface area contributed by atoms with E-state index in [1.807, 2.05) is 26.8 Å². The molecule has 2 aromatic rings. The molecule has 47 heavy (non-hydrogen) atoms. The van der Waals surface area contributed by atoms with Crippen molar-refractivity contribution in [2.75, 3.05) is 32.9 Å². The second-order valence-corrected chi connectivity index (χ2v) is 18.1. The molecule has 4 fully saturated rings. The van der Waals surface area contributed by atoms with Crippen molar-refractivity contribution in [2.24, 2.45) is 16.2 Å². The van der Waals surface area contributed by atoms with Crippen LogP contribution in [0.2, 0.25) is 0 Å². The fourth-order valence-corrected chi connectivity index (χ4v) is 10.2. The van der Waals surface area contributed by atoms with Crippen LogP contribution < -0.4 is 10.6 Å². The zero-order chi connectivity index (χ0) is 34.5. The summed E-state index contributed by atoms with van der Waals surface area (Å²) in [5, 5.41) is 5.75. The van der Waals surface area contributed by atoms with Crippen LogP contribution in [0.25, 0.3) is 11.1 Å². The molecule has 4 bridgehead atoms. The number of esters is 1. The predicted molar refractivity (Wildman–Crippen MR) is 180 cm³/mol. The highest BCUT2D eigenvalue weighted by Crippen LogP contribution is 2.72. The van der Waals surface area contributed by atoms with Crippen molar-refractivity contribution in [3.63, 3.8) is 0 Å². The number of aromatic nitrogens is 2. The Morgan fingerprint density at radius 1 is 1.00 bits per heavy atom. The second-order valence-electron chi connectivity index (χ2n) is 16.3. The molecule has 260 valence electrons. The van der Waals surface area contributed by atoms with E-state index in [9.17, 15) is 14.2 Å². The Bertz CT molecular complexity index is 1540. The van der Waals surface area contributed by atoms with E-state index in [0.717, 1.165) is 49.9 Å². The van der Waals surface area contributed by atoms with Gasteiger partial charge in [0.1, 0.15) is 5.60 Å². The molecule has 2 atom stereocenters. The average molecular weight is 673 g/mol. The summed E-state index contributed by atoms with van der Waals surface area (Å²) in [6.07, 6.45) is 8.50. The van der Waals surface area contributed by atoms with Crippen LogP contribution in [0.5, 0.6) is 0 Å². The molecule has 0 aromatic carbocycles. The van der Waals surface area contributed by atoms with Gasteiger partial charge in [0.05, 0.1) is 30.5 Å². The summed E-state index contributed by atoms with van der Waals surface area (Å²) in [5.74, 6) is -0.700. The van der Waals surface area contributed by atoms with Gasteiger partial charge in [-0.15, -0.1) is 0 Å². The number of likely N-dealkylation sites (N-methyl/N-ethyl adjacent to an activating group) is 1. The van der Waals surface area contributed by atoms with Gasteiger partial charge in [-0.25, -0.2) is 9.78 Å². The van der Waals surface area contributed by atoms with Gasteiger partial charge >= 0.3 is 13.6 Å². The minimum absolute atomic E-state index is 0.0523. The number of rotatable bonds is 13. The molecule has 11 nitrogen and oxygen atoms in total. The summed E-state index contributed by atoms with van der Waals surface area (Å²) in [6.45, 7) is 14.6. The lowest BCUT2D eigenvalue weighted by atomic mass is 9.39. The maximum Gasteiger partial charge on any atom is 0.358 e. The number of carbonyl (C=O) groups excluding carboxylic acids is 2. The van der Waals surface area contributed by atoms with E-state index >= 15 is 0 Å². The summed E-state index contributed by atoms with van der Waals surface area (Å²) in [5.41, 5.74) is 2.85. The van der Waals surface area contributed by atoms with Crippen molar-refractivity contribution in [3.05, 3.63) is 41.5 Å². The van der Waals surface area contributed by atoms with Crippen molar-refractivity contribution >= 4 is 19.5 Å². The molecular weight excluding hydrogens is 619 g/mol. The maximum absolute atomic E-state index is 13.4. The third-order valence-electron chi connectivity index (χ3n) is 10.1. The number of amides is 1. The highest BCUT2D eigenvalue weighted by atomic mass is 31.2. The van der Waals surface area contributed by atoms with Crippen LogP contribution in [0.1, 0.15) is 95.0 Å². The number of nitrogens with zero attached hydrogens (tertiary/aromatic N) is 2. The number of pyridine rings is 1. The van der Waals surface area contributed by atoms with Crippen molar-refractivity contribution in [1.29, 1.82) is 0 Å². The Hall–Kier alpha value is -2.56. The van der Waals surface area contributed by atoms with E-state index in [0.29, 0.717) is 24.4 Å². The highest BCUT2D eigenvalue weighted by molar-refractivity contribution is 7.51. The number of nitrogens with one attached hydrogen (secondary N) is 2. The number of hydrogen-bond donors (Lipinski definition) is 4. The molecule has 2 aromatic heterocycles. The molecule has 12 heteroatoms. The number of ether oxygens (including phenoxy) is 2. The smallest absolute Gasteiger partial charge is 0.358 e. The first kappa shape index (κ1) is 35.7. The lowest BCUT2D eigenvalue weighted by Gasteiger charge is -2.69. The first-order valence-electron chi connectivity index (χ1n) is 16.7. The van der Waals surface area contributed by atoms with E-state index in [2.05, 4.69) is 53.2 Å². The Morgan fingerprint density at radius 3 is 2.30 bits per heavy atom. The van der Waals surface area contributed by atoms with Gasteiger partial charge in [0.2, 0.25) is 5.91 Å². The molecule has 4 N–H and O–H groups in total. The van der Waals surface area contributed by atoms with Gasteiger partial charge in [0.15, 0.2) is 5.69 Å². The molecule has 2 unspecified atom stereocenters. The Kier molecular flexibility index (Phi) is 9.67. The van der Waals surface area contributed by atoms with Crippen LogP contribution in [0.3, 0.4) is 0 Å². The van der Waals surface area contributed by atoms with Crippen LogP contribution in [-0.4, -0.2) is 75.3 Å². The molecule has 4 aliphatic rings. The number of carbonyl (C=O) groups is 2. The van der Waals surface area contributed by atoms with Gasteiger partial charge in [0, 0.05) is 49.7 Å². The summed E-state index contributed by atoms with van der Waals surface area (Å²) >= 11 is 0. The standard InChI is InChI=1S/C35H53N4O7P/c1-24-26(27-9-8-25(16-28(40)36-7)38-29(27)30(41)46-31(2,3)4)10-13-39(24)23-34-18-32(5)17-33(6,19-34)21-35(20-32,22-34)45-14-11-37-12-15-47(42,43)44/h8-10,13,37H,11-12,14-23H2,1-7H3,(H,36,40)(H2,42,43,44). The lowest BCUT2D eigenvalue weighted by Crippen LogP contribution is -2.64. The van der Waals surface area contributed by atoms with Crippen LogP contribution in [-0.2, 0) is 31.8 Å². The summed E-state index contributed by atoms with van der Waals surface area (Å²) in [7, 11) is -2.44. The first-order valence-corrected chi connectivity index (χ1v) is 18.5. The topological polar surface area (TPSA) is 152 Å². The van der Waals surface area contributed by atoms with E-state index in [4.69, 9.17) is 19.3 Å². The Morgan fingerprint density at radius 2 is 1.68 bits per heavy atom. The third kappa shape index (κ3) is 8.36. The van der Waals surface area contributed by atoms with Crippen LogP contribution >= 0.6 is 7.60 Å². The van der Waals surface area contributed by atoms with Gasteiger partial charge in [-0.3, -0.25) is 9.36 Å². The first-order chi connectivity index (χ1) is 21.8. The molecule has 1 amide bonds. The van der Waals surface area contributed by atoms with Gasteiger partial charge in [-0.05, 0) is 94.6 Å². The van der Waals surface area contributed by atoms with E-state index in [1.165, 1.54) is 6.42 Å². The fourth-order valence-electron chi connectivity index (χ4n) is 9.76. The minimum Gasteiger partial charge on any atom is -0.455 e. The van der Waals surface area contributed by atoms with E-state index < -0.39 is 19.2 Å². The van der Waals surface area contributed by atoms with Crippen molar-refractivity contribution in [3.8, 4) is 11.1 Å². The zero-order valence-corrected chi connectivity index (χ0v) is 30.0. The SMILES string of the molecule is CNC(=O)Cc1ccc(-c2ccn(CC34CC5(C)CC(C)(C3)CC(OCCNCCP(=O)(O)O)(C5)C4)c2C)c(C(=O)OC(C)(C)C)n1. The quantitative estimate of drug-likeness (QED) is 0.131. The van der Waals surface area contributed by atoms with Gasteiger partial charge in [0.25, 0.3) is 0 Å². The van der Waals surface area contributed by atoms with Crippen LogP contribution in [0, 0.1) is 23.2 Å². The maximum atomic E-state index is 13.4. The van der Waals surface area contributed by atoms with Crippen LogP contribution in [0.15, 0.2) is 24.4 Å². The molecule has 6 rings (SSSR count).